The summed E-state index contributed by atoms with van der Waals surface area (Å²) < 4.78 is 19.4. The molecule has 0 bridgehead atoms. The van der Waals surface area contributed by atoms with Gasteiger partial charge in [-0.05, 0) is 6.92 Å². The number of amides is 1. The molecule has 1 aromatic rings. The van der Waals surface area contributed by atoms with Gasteiger partial charge in [0.2, 0.25) is 6.41 Å². The predicted octanol–water partition coefficient (Wildman–Crippen LogP) is -1.41. The molecule has 19 heavy (non-hydrogen) atoms. The fraction of sp³-hybridized carbons (Fsp3) is 0.500. The molecule has 0 saturated carbocycles. The van der Waals surface area contributed by atoms with E-state index in [9.17, 15) is 24.2 Å². The van der Waals surface area contributed by atoms with E-state index in [2.05, 4.69) is 4.98 Å². The summed E-state index contributed by atoms with van der Waals surface area (Å²) in [7, 11) is 0. The van der Waals surface area contributed by atoms with Crippen LogP contribution in [0, 0.1) is 5.82 Å². The van der Waals surface area contributed by atoms with Gasteiger partial charge in [0.05, 0.1) is 12.3 Å². The summed E-state index contributed by atoms with van der Waals surface area (Å²) in [6, 6.07) is 0. The highest BCUT2D eigenvalue weighted by Crippen LogP contribution is 2.28. The number of carbonyl (C=O) groups is 1. The predicted molar refractivity (Wildman–Crippen MR) is 59.7 cm³/mol. The van der Waals surface area contributed by atoms with Gasteiger partial charge in [-0.2, -0.15) is 4.98 Å². The first kappa shape index (κ1) is 13.6. The lowest BCUT2D eigenvalue weighted by Crippen LogP contribution is -2.35. The Balaban J connectivity index is 2.39. The number of anilines is 1. The lowest BCUT2D eigenvalue weighted by molar-refractivity contribution is -0.105. The van der Waals surface area contributed by atoms with E-state index in [4.69, 9.17) is 4.74 Å². The number of aliphatic hydroxyl groups is 2. The van der Waals surface area contributed by atoms with Crippen molar-refractivity contribution < 1.29 is 24.1 Å². The molecule has 2 rings (SSSR count). The van der Waals surface area contributed by atoms with Crippen LogP contribution in [0.1, 0.15) is 13.2 Å². The normalized spacial score (nSPS) is 30.3. The van der Waals surface area contributed by atoms with Crippen LogP contribution in [0.25, 0.3) is 0 Å². The van der Waals surface area contributed by atoms with Crippen molar-refractivity contribution in [3.8, 4) is 0 Å². The zero-order chi connectivity index (χ0) is 14.2. The first-order chi connectivity index (χ1) is 8.95. The molecule has 1 fully saturated rings. The van der Waals surface area contributed by atoms with Gasteiger partial charge in [-0.15, -0.1) is 0 Å². The highest BCUT2D eigenvalue weighted by atomic mass is 19.1. The minimum Gasteiger partial charge on any atom is -0.388 e. The minimum atomic E-state index is -1.38. The lowest BCUT2D eigenvalue weighted by Gasteiger charge is -2.17. The Kier molecular flexibility index (Phi) is 3.60. The Hall–Kier alpha value is -1.84. The summed E-state index contributed by atoms with van der Waals surface area (Å²) in [6.07, 6.45) is -3.57. The third-order valence-corrected chi connectivity index (χ3v) is 2.85. The molecule has 0 unspecified atom stereocenters. The van der Waals surface area contributed by atoms with Crippen LogP contribution >= 0.6 is 0 Å². The molecule has 1 amide bonds. The largest absolute Gasteiger partial charge is 0.388 e. The molecule has 0 aromatic carbocycles. The molecular formula is C10H12FN3O5. The molecule has 0 aliphatic carbocycles. The summed E-state index contributed by atoms with van der Waals surface area (Å²) in [5.74, 6) is -1.48. The Morgan fingerprint density at radius 1 is 1.53 bits per heavy atom. The third-order valence-electron chi connectivity index (χ3n) is 2.85. The van der Waals surface area contributed by atoms with E-state index in [0.717, 1.165) is 10.8 Å². The summed E-state index contributed by atoms with van der Waals surface area (Å²) in [6.45, 7) is 1.50. The Morgan fingerprint density at radius 2 is 2.21 bits per heavy atom. The number of ether oxygens (including phenoxy) is 1. The van der Waals surface area contributed by atoms with Crippen molar-refractivity contribution in [1.82, 2.24) is 9.55 Å². The van der Waals surface area contributed by atoms with Crippen LogP contribution in [0.2, 0.25) is 0 Å². The van der Waals surface area contributed by atoms with E-state index < -0.39 is 41.9 Å². The molecule has 0 radical (unpaired) electrons. The van der Waals surface area contributed by atoms with E-state index in [1.54, 1.807) is 0 Å². The van der Waals surface area contributed by atoms with Crippen molar-refractivity contribution in [2.45, 2.75) is 31.5 Å². The van der Waals surface area contributed by atoms with Gasteiger partial charge in [-0.1, -0.05) is 0 Å². The van der Waals surface area contributed by atoms with Crippen molar-refractivity contribution >= 4 is 12.2 Å². The SMILES string of the molecule is C[C@H]1O[C@@H](n2cc(F)c(NC=O)nc2=O)[C@H](O)[C@@H]1O. The molecule has 1 aliphatic rings. The zero-order valence-electron chi connectivity index (χ0n) is 9.86. The molecule has 2 heterocycles. The first-order valence-corrected chi connectivity index (χ1v) is 5.46. The molecule has 9 heteroatoms. The first-order valence-electron chi connectivity index (χ1n) is 5.46. The minimum absolute atomic E-state index is 0.182. The van der Waals surface area contributed by atoms with Gasteiger partial charge in [0, 0.05) is 0 Å². The number of halogens is 1. The molecule has 1 saturated heterocycles. The summed E-state index contributed by atoms with van der Waals surface area (Å²) in [4.78, 5) is 25.2. The van der Waals surface area contributed by atoms with Crippen LogP contribution in [0.15, 0.2) is 11.0 Å². The second-order valence-corrected chi connectivity index (χ2v) is 4.10. The van der Waals surface area contributed by atoms with Crippen LogP contribution < -0.4 is 11.0 Å². The zero-order valence-corrected chi connectivity index (χ0v) is 9.86. The van der Waals surface area contributed by atoms with E-state index in [0.29, 0.717) is 0 Å². The summed E-state index contributed by atoms with van der Waals surface area (Å²) in [5, 5.41) is 21.2. The van der Waals surface area contributed by atoms with Crippen molar-refractivity contribution in [2.24, 2.45) is 0 Å². The van der Waals surface area contributed by atoms with Crippen LogP contribution in [0.3, 0.4) is 0 Å². The fourth-order valence-corrected chi connectivity index (χ4v) is 1.84. The number of nitrogens with one attached hydrogen (secondary N) is 1. The highest BCUT2D eigenvalue weighted by molar-refractivity contribution is 5.68. The van der Waals surface area contributed by atoms with E-state index >= 15 is 0 Å². The summed E-state index contributed by atoms with van der Waals surface area (Å²) >= 11 is 0. The van der Waals surface area contributed by atoms with E-state index in [-0.39, 0.29) is 6.41 Å². The number of nitrogens with zero attached hydrogens (tertiary/aromatic N) is 2. The summed E-state index contributed by atoms with van der Waals surface area (Å²) in [5.41, 5.74) is -0.920. The number of hydrogen-bond acceptors (Lipinski definition) is 6. The molecular weight excluding hydrogens is 261 g/mol. The Bertz CT molecular complexity index is 548. The number of rotatable bonds is 3. The molecule has 8 nitrogen and oxygen atoms in total. The quantitative estimate of drug-likeness (QED) is 0.583. The number of aliphatic hydroxyl groups excluding tert-OH is 2. The average Bonchev–Trinajstić information content (AvgIpc) is 2.61. The molecule has 0 spiro atoms. The molecule has 104 valence electrons. The number of hydrogen-bond donors (Lipinski definition) is 3. The monoisotopic (exact) mass is 273 g/mol. The van der Waals surface area contributed by atoms with Crippen LogP contribution in [-0.2, 0) is 9.53 Å². The van der Waals surface area contributed by atoms with Gasteiger partial charge in [-0.3, -0.25) is 9.36 Å². The Morgan fingerprint density at radius 3 is 2.74 bits per heavy atom. The topological polar surface area (TPSA) is 114 Å². The maximum absolute atomic E-state index is 13.5. The highest BCUT2D eigenvalue weighted by Gasteiger charge is 2.42. The Labute approximate surface area is 106 Å². The van der Waals surface area contributed by atoms with Gasteiger partial charge in [0.25, 0.3) is 0 Å². The van der Waals surface area contributed by atoms with Crippen molar-refractivity contribution in [3.63, 3.8) is 0 Å². The van der Waals surface area contributed by atoms with Crippen LogP contribution in [0.4, 0.5) is 10.2 Å². The van der Waals surface area contributed by atoms with Gasteiger partial charge < -0.3 is 20.3 Å². The second kappa shape index (κ2) is 5.03. The van der Waals surface area contributed by atoms with Gasteiger partial charge in [-0.25, -0.2) is 9.18 Å². The molecule has 1 aromatic heterocycles. The fourth-order valence-electron chi connectivity index (χ4n) is 1.84. The smallest absolute Gasteiger partial charge is 0.351 e. The number of aromatic nitrogens is 2. The van der Waals surface area contributed by atoms with Gasteiger partial charge in [0.15, 0.2) is 17.9 Å². The van der Waals surface area contributed by atoms with Crippen molar-refractivity contribution in [1.29, 1.82) is 0 Å². The molecule has 3 N–H and O–H groups in total. The maximum Gasteiger partial charge on any atom is 0.351 e. The van der Waals surface area contributed by atoms with E-state index in [1.165, 1.54) is 6.92 Å². The van der Waals surface area contributed by atoms with Crippen LogP contribution in [0.5, 0.6) is 0 Å². The van der Waals surface area contributed by atoms with Crippen LogP contribution in [-0.4, -0.2) is 44.5 Å². The maximum atomic E-state index is 13.5. The molecule has 1 aliphatic heterocycles. The molecule has 4 atom stereocenters. The van der Waals surface area contributed by atoms with E-state index in [1.807, 2.05) is 5.32 Å². The average molecular weight is 273 g/mol. The van der Waals surface area contributed by atoms with Crippen molar-refractivity contribution in [2.75, 3.05) is 5.32 Å². The van der Waals surface area contributed by atoms with Gasteiger partial charge in [0.1, 0.15) is 12.2 Å². The standard InChI is InChI=1S/C10H12FN3O5/c1-4-6(16)7(17)9(19-4)14-2-5(11)8(12-3-15)13-10(14)18/h2-4,6-7,9,16-17H,1H3,(H,12,13,15,18)/t4-,6-,7-,9-/m1/s1. The second-order valence-electron chi connectivity index (χ2n) is 4.10. The van der Waals surface area contributed by atoms with Gasteiger partial charge >= 0.3 is 5.69 Å². The van der Waals surface area contributed by atoms with Crippen molar-refractivity contribution in [3.05, 3.63) is 22.5 Å². The number of carbonyl (C=O) groups excluding carboxylic acids is 1. The third kappa shape index (κ3) is 2.35. The lowest BCUT2D eigenvalue weighted by atomic mass is 10.1.